The highest BCUT2D eigenvalue weighted by Gasteiger charge is 2.13. The molecule has 3 rings (SSSR count). The summed E-state index contributed by atoms with van der Waals surface area (Å²) in [5, 5.41) is 3.86. The number of nitrogens with one attached hydrogen (secondary N) is 1. The third-order valence-electron chi connectivity index (χ3n) is 2.62. The van der Waals surface area contributed by atoms with Gasteiger partial charge in [0.05, 0.1) is 5.39 Å². The number of benzene rings is 1. The number of H-pyrrole nitrogens is 1. The smallest absolute Gasteiger partial charge is 0.282 e. The Morgan fingerprint density at radius 3 is 2.82 bits per heavy atom. The molecule has 5 heteroatoms. The zero-order valence-electron chi connectivity index (χ0n) is 8.58. The molecule has 0 aliphatic rings. The van der Waals surface area contributed by atoms with Gasteiger partial charge in [0.2, 0.25) is 6.20 Å². The molecule has 84 valence electrons. The maximum absolute atomic E-state index is 12.3. The van der Waals surface area contributed by atoms with Gasteiger partial charge in [-0.1, -0.05) is 20.4 Å². The average molecular weight is 355 g/mol. The Morgan fingerprint density at radius 1 is 1.18 bits per heavy atom. The van der Waals surface area contributed by atoms with E-state index < -0.39 is 0 Å². The Balaban J connectivity index is 2.64. The molecule has 0 aliphatic carbocycles. The topological polar surface area (TPSA) is 37.0 Å². The van der Waals surface area contributed by atoms with Gasteiger partial charge in [-0.05, 0) is 34.1 Å². The number of nitrogens with zero attached hydrogens (tertiary/aromatic N) is 1. The minimum atomic E-state index is 0.0151. The lowest BCUT2D eigenvalue weighted by atomic mass is 10.2. The predicted molar refractivity (Wildman–Crippen MR) is 73.1 cm³/mol. The summed E-state index contributed by atoms with van der Waals surface area (Å²) >= 11 is 6.85. The van der Waals surface area contributed by atoms with Gasteiger partial charge in [-0.25, -0.2) is 0 Å². The molecule has 3 aromatic rings. The Hall–Kier alpha value is -1.20. The number of hydrogen-bond acceptors (Lipinski definition) is 1. The summed E-state index contributed by atoms with van der Waals surface area (Å²) in [7, 11) is 0. The molecule has 0 radical (unpaired) electrons. The van der Waals surface area contributed by atoms with Crippen LogP contribution in [0.2, 0.25) is 0 Å². The number of aromatic amines is 1. The van der Waals surface area contributed by atoms with Crippen molar-refractivity contribution >= 4 is 48.3 Å². The molecule has 0 fully saturated rings. The van der Waals surface area contributed by atoms with Crippen LogP contribution in [0, 0.1) is 0 Å². The van der Waals surface area contributed by atoms with Gasteiger partial charge < -0.3 is 0 Å². The van der Waals surface area contributed by atoms with Crippen molar-refractivity contribution in [2.24, 2.45) is 0 Å². The highest BCUT2D eigenvalue weighted by Crippen LogP contribution is 2.24. The fourth-order valence-corrected chi connectivity index (χ4v) is 3.16. The van der Waals surface area contributed by atoms with Crippen molar-refractivity contribution < 1.29 is 4.52 Å². The molecular weight excluding hydrogens is 348 g/mol. The van der Waals surface area contributed by atoms with Gasteiger partial charge in [0.25, 0.3) is 10.9 Å². The monoisotopic (exact) mass is 353 g/mol. The van der Waals surface area contributed by atoms with Crippen molar-refractivity contribution in [3.63, 3.8) is 0 Å². The normalized spacial score (nSPS) is 11.2. The fraction of sp³-hybridized carbons (Fsp3) is 0. The van der Waals surface area contributed by atoms with E-state index in [1.165, 1.54) is 0 Å². The SMILES string of the molecule is O=c1c2cc(Br)cc(Br)c2[nH][n+]2ccccc12. The van der Waals surface area contributed by atoms with Crippen LogP contribution >= 0.6 is 31.9 Å². The van der Waals surface area contributed by atoms with Crippen molar-refractivity contribution in [1.82, 2.24) is 5.10 Å². The molecule has 3 nitrogen and oxygen atoms in total. The first kappa shape index (κ1) is 10.9. The number of pyridine rings is 1. The predicted octanol–water partition coefficient (Wildman–Crippen LogP) is 2.79. The highest BCUT2D eigenvalue weighted by molar-refractivity contribution is 9.11. The number of fused-ring (bicyclic) bond motifs is 2. The Morgan fingerprint density at radius 2 is 2.00 bits per heavy atom. The first-order valence-electron chi connectivity index (χ1n) is 4.98. The van der Waals surface area contributed by atoms with E-state index in [9.17, 15) is 4.79 Å². The molecule has 1 N–H and O–H groups in total. The summed E-state index contributed by atoms with van der Waals surface area (Å²) in [5.41, 5.74) is 1.44. The van der Waals surface area contributed by atoms with E-state index >= 15 is 0 Å². The van der Waals surface area contributed by atoms with Crippen LogP contribution in [0.15, 0.2) is 50.3 Å². The molecule has 0 saturated carbocycles. The van der Waals surface area contributed by atoms with Crippen LogP contribution in [-0.4, -0.2) is 5.10 Å². The van der Waals surface area contributed by atoms with Crippen LogP contribution in [0.3, 0.4) is 0 Å². The van der Waals surface area contributed by atoms with E-state index in [2.05, 4.69) is 37.0 Å². The average Bonchev–Trinajstić information content (AvgIpc) is 2.31. The molecule has 0 unspecified atom stereocenters. The van der Waals surface area contributed by atoms with E-state index in [1.807, 2.05) is 30.5 Å². The lowest BCUT2D eigenvalue weighted by molar-refractivity contribution is -0.578. The summed E-state index contributed by atoms with van der Waals surface area (Å²) in [6.45, 7) is 0. The van der Waals surface area contributed by atoms with Crippen LogP contribution in [0.5, 0.6) is 0 Å². The molecular formula is C12H7Br2N2O+. The van der Waals surface area contributed by atoms with Gasteiger partial charge in [-0.3, -0.25) is 4.79 Å². The fourth-order valence-electron chi connectivity index (χ4n) is 1.85. The molecule has 0 amide bonds. The van der Waals surface area contributed by atoms with Crippen molar-refractivity contribution in [1.29, 1.82) is 0 Å². The molecule has 2 aromatic heterocycles. The summed E-state index contributed by atoms with van der Waals surface area (Å²) in [5.74, 6) is 0. The van der Waals surface area contributed by atoms with Crippen molar-refractivity contribution in [2.45, 2.75) is 0 Å². The van der Waals surface area contributed by atoms with E-state index in [-0.39, 0.29) is 5.43 Å². The minimum Gasteiger partial charge on any atom is -0.282 e. The molecule has 0 atom stereocenters. The maximum Gasteiger partial charge on any atom is 0.283 e. The Kier molecular flexibility index (Phi) is 2.52. The first-order chi connectivity index (χ1) is 8.16. The molecule has 0 aliphatic heterocycles. The summed E-state index contributed by atoms with van der Waals surface area (Å²) in [6, 6.07) is 9.26. The number of hydrogen-bond donors (Lipinski definition) is 1. The third-order valence-corrected chi connectivity index (χ3v) is 3.71. The molecule has 2 heterocycles. The van der Waals surface area contributed by atoms with Gasteiger partial charge >= 0.3 is 0 Å². The number of rotatable bonds is 0. The lowest BCUT2D eigenvalue weighted by Gasteiger charge is -2.00. The first-order valence-corrected chi connectivity index (χ1v) is 6.57. The van der Waals surface area contributed by atoms with E-state index in [0.29, 0.717) is 10.9 Å². The summed E-state index contributed by atoms with van der Waals surface area (Å²) in [6.07, 6.45) is 1.82. The van der Waals surface area contributed by atoms with Crippen LogP contribution in [0.4, 0.5) is 0 Å². The standard InChI is InChI=1S/C12H6Br2N2O/c13-7-5-8-11(9(14)6-7)15-16-4-2-1-3-10(16)12(8)17/h1-6H/p+1. The van der Waals surface area contributed by atoms with Crippen molar-refractivity contribution in [2.75, 3.05) is 0 Å². The lowest BCUT2D eigenvalue weighted by Crippen LogP contribution is -2.32. The van der Waals surface area contributed by atoms with Crippen molar-refractivity contribution in [3.05, 3.63) is 55.7 Å². The second-order valence-electron chi connectivity index (χ2n) is 3.71. The Labute approximate surface area is 113 Å². The van der Waals surface area contributed by atoms with Gasteiger partial charge in [0.1, 0.15) is 5.52 Å². The second-order valence-corrected chi connectivity index (χ2v) is 5.48. The third kappa shape index (κ3) is 1.70. The van der Waals surface area contributed by atoms with Crippen LogP contribution in [0.25, 0.3) is 16.4 Å². The van der Waals surface area contributed by atoms with Gasteiger partial charge in [0, 0.05) is 21.1 Å². The van der Waals surface area contributed by atoms with E-state index in [4.69, 9.17) is 0 Å². The zero-order valence-corrected chi connectivity index (χ0v) is 11.7. The summed E-state index contributed by atoms with van der Waals surface area (Å²) in [4.78, 5) is 12.3. The quantitative estimate of drug-likeness (QED) is 0.489. The molecule has 0 bridgehead atoms. The molecule has 17 heavy (non-hydrogen) atoms. The number of halogens is 2. The number of aromatic nitrogens is 2. The summed E-state index contributed by atoms with van der Waals surface area (Å²) < 4.78 is 3.46. The van der Waals surface area contributed by atoms with Gasteiger partial charge in [0.15, 0.2) is 0 Å². The molecule has 0 saturated heterocycles. The molecule has 1 aromatic carbocycles. The van der Waals surface area contributed by atoms with Crippen LogP contribution < -0.4 is 9.94 Å². The van der Waals surface area contributed by atoms with Gasteiger partial charge in [-0.15, -0.1) is 0 Å². The van der Waals surface area contributed by atoms with Crippen LogP contribution in [0.1, 0.15) is 0 Å². The van der Waals surface area contributed by atoms with E-state index in [1.54, 1.807) is 10.6 Å². The van der Waals surface area contributed by atoms with Gasteiger partial charge in [-0.2, -0.15) is 5.10 Å². The Bertz CT molecular complexity index is 795. The maximum atomic E-state index is 12.3. The highest BCUT2D eigenvalue weighted by atomic mass is 79.9. The minimum absolute atomic E-state index is 0.0151. The van der Waals surface area contributed by atoms with Crippen LogP contribution in [-0.2, 0) is 0 Å². The van der Waals surface area contributed by atoms with Crippen molar-refractivity contribution in [3.8, 4) is 0 Å². The largest absolute Gasteiger partial charge is 0.283 e. The zero-order chi connectivity index (χ0) is 12.0. The second kappa shape index (κ2) is 3.92. The molecule has 0 spiro atoms. The van der Waals surface area contributed by atoms with E-state index in [0.717, 1.165) is 14.5 Å².